The van der Waals surface area contributed by atoms with Gasteiger partial charge in [0.05, 0.1) is 0 Å². The molecule has 1 fully saturated rings. The maximum Gasteiger partial charge on any atom is 0.0458 e. The second-order valence-corrected chi connectivity index (χ2v) is 2.50. The van der Waals surface area contributed by atoms with Crippen LogP contribution in [0.3, 0.4) is 0 Å². The van der Waals surface area contributed by atoms with Crippen molar-refractivity contribution >= 4 is 0 Å². The predicted molar refractivity (Wildman–Crippen MR) is 35.6 cm³/mol. The summed E-state index contributed by atoms with van der Waals surface area (Å²) in [5.74, 6) is 0.502. The Labute approximate surface area is 79.8 Å². The van der Waals surface area contributed by atoms with Crippen molar-refractivity contribution in [1.29, 1.82) is 0 Å². The number of H-pyrrole nitrogens is 1. The Morgan fingerprint density at radius 2 is 2.64 bits per heavy atom. The van der Waals surface area contributed by atoms with Crippen molar-refractivity contribution < 1.29 is 25.8 Å². The van der Waals surface area contributed by atoms with Gasteiger partial charge >= 0.3 is 0 Å². The van der Waals surface area contributed by atoms with E-state index in [1.807, 2.05) is 6.07 Å². The Bertz CT molecular complexity index is 194. The quantitative estimate of drug-likeness (QED) is 0.774. The molecule has 4 heteroatoms. The van der Waals surface area contributed by atoms with E-state index in [2.05, 4.69) is 16.4 Å². The summed E-state index contributed by atoms with van der Waals surface area (Å²) in [5.41, 5.74) is 1.08. The van der Waals surface area contributed by atoms with Crippen LogP contribution in [0.1, 0.15) is 18.0 Å². The molecular formula is C7H9N2OW-. The number of ether oxygens (including phenoxy) is 1. The van der Waals surface area contributed by atoms with Crippen molar-refractivity contribution in [3.8, 4) is 0 Å². The van der Waals surface area contributed by atoms with Crippen LogP contribution in [-0.4, -0.2) is 23.4 Å². The van der Waals surface area contributed by atoms with E-state index < -0.39 is 0 Å². The molecule has 1 atom stereocenters. The van der Waals surface area contributed by atoms with Crippen LogP contribution in [0.25, 0.3) is 0 Å². The van der Waals surface area contributed by atoms with E-state index in [0.717, 1.165) is 25.3 Å². The molecule has 3 nitrogen and oxygen atoms in total. The van der Waals surface area contributed by atoms with Gasteiger partial charge in [-0.2, -0.15) is 12.3 Å². The average molecular weight is 321 g/mol. The molecule has 1 aromatic rings. The van der Waals surface area contributed by atoms with Crippen molar-refractivity contribution in [1.82, 2.24) is 10.2 Å². The minimum absolute atomic E-state index is 0. The molecule has 0 aliphatic carbocycles. The Morgan fingerprint density at radius 1 is 1.73 bits per heavy atom. The molecule has 0 amide bonds. The molecule has 2 rings (SSSR count). The number of hydrogen-bond donors (Lipinski definition) is 1. The number of nitrogens with one attached hydrogen (secondary N) is 1. The fourth-order valence-electron chi connectivity index (χ4n) is 1.21. The first-order chi connectivity index (χ1) is 4.97. The SMILES string of the molecule is [W].[c-]1cc(C2CCOC2)n[nH]1. The van der Waals surface area contributed by atoms with Crippen LogP contribution in [0, 0.1) is 6.20 Å². The number of hydrogen-bond acceptors (Lipinski definition) is 2. The van der Waals surface area contributed by atoms with Gasteiger partial charge in [0.2, 0.25) is 0 Å². The van der Waals surface area contributed by atoms with E-state index in [9.17, 15) is 0 Å². The van der Waals surface area contributed by atoms with E-state index in [0.29, 0.717) is 5.92 Å². The third kappa shape index (κ3) is 1.91. The summed E-state index contributed by atoms with van der Waals surface area (Å²) in [5, 5.41) is 6.71. The molecule has 1 aliphatic heterocycles. The van der Waals surface area contributed by atoms with Crippen molar-refractivity contribution in [2.75, 3.05) is 13.2 Å². The summed E-state index contributed by atoms with van der Waals surface area (Å²) in [4.78, 5) is 0. The van der Waals surface area contributed by atoms with E-state index in [1.165, 1.54) is 0 Å². The van der Waals surface area contributed by atoms with Gasteiger partial charge in [0.1, 0.15) is 0 Å². The van der Waals surface area contributed by atoms with Gasteiger partial charge in [-0.1, -0.05) is 5.69 Å². The second kappa shape index (κ2) is 4.03. The largest absolute Gasteiger partial charge is 0.390 e. The Hall–Kier alpha value is -0.142. The van der Waals surface area contributed by atoms with Gasteiger partial charge in [-0.05, 0) is 12.3 Å². The Kier molecular flexibility index (Phi) is 3.28. The summed E-state index contributed by atoms with van der Waals surface area (Å²) >= 11 is 0. The predicted octanol–water partition coefficient (Wildman–Crippen LogP) is 0.711. The standard InChI is InChI=1S/C7H9N2O.W/c1-3-8-9-7(1)6-2-4-10-5-6;/h1,6H,2,4-5H2,(H,8,9);/q-1;. The smallest absolute Gasteiger partial charge is 0.0458 e. The number of rotatable bonds is 1. The van der Waals surface area contributed by atoms with Crippen molar-refractivity contribution in [3.63, 3.8) is 0 Å². The zero-order chi connectivity index (χ0) is 6.81. The molecule has 1 aliphatic rings. The topological polar surface area (TPSA) is 37.9 Å². The summed E-state index contributed by atoms with van der Waals surface area (Å²) in [6, 6.07) is 1.89. The normalized spacial score (nSPS) is 23.1. The Balaban J connectivity index is 0.000000605. The molecule has 11 heavy (non-hydrogen) atoms. The molecule has 1 saturated heterocycles. The summed E-state index contributed by atoms with van der Waals surface area (Å²) < 4.78 is 5.21. The van der Waals surface area contributed by atoms with E-state index >= 15 is 0 Å². The molecule has 1 unspecified atom stereocenters. The minimum atomic E-state index is 0. The van der Waals surface area contributed by atoms with Gasteiger partial charge in [0.25, 0.3) is 0 Å². The van der Waals surface area contributed by atoms with E-state index in [1.54, 1.807) is 0 Å². The van der Waals surface area contributed by atoms with Crippen LogP contribution in [-0.2, 0) is 25.8 Å². The molecule has 1 N–H and O–H groups in total. The fourth-order valence-corrected chi connectivity index (χ4v) is 1.21. The van der Waals surface area contributed by atoms with Crippen molar-refractivity contribution in [2.24, 2.45) is 0 Å². The summed E-state index contributed by atoms with van der Waals surface area (Å²) in [7, 11) is 0. The van der Waals surface area contributed by atoms with Gasteiger partial charge in [0.15, 0.2) is 0 Å². The maximum atomic E-state index is 5.21. The van der Waals surface area contributed by atoms with Gasteiger partial charge in [-0.15, -0.1) is 0 Å². The van der Waals surface area contributed by atoms with Gasteiger partial charge < -0.3 is 9.84 Å². The third-order valence-corrected chi connectivity index (χ3v) is 1.82. The molecule has 60 valence electrons. The molecule has 0 aromatic carbocycles. The van der Waals surface area contributed by atoms with Crippen molar-refractivity contribution in [2.45, 2.75) is 12.3 Å². The van der Waals surface area contributed by atoms with Crippen LogP contribution in [0.4, 0.5) is 0 Å². The minimum Gasteiger partial charge on any atom is -0.390 e. The van der Waals surface area contributed by atoms with Crippen LogP contribution < -0.4 is 0 Å². The molecule has 0 saturated carbocycles. The number of nitrogens with zero attached hydrogens (tertiary/aromatic N) is 1. The van der Waals surface area contributed by atoms with Gasteiger partial charge in [0, 0.05) is 34.3 Å². The van der Waals surface area contributed by atoms with E-state index in [-0.39, 0.29) is 21.1 Å². The maximum absolute atomic E-state index is 5.21. The van der Waals surface area contributed by atoms with Crippen molar-refractivity contribution in [3.05, 3.63) is 18.0 Å². The zero-order valence-corrected chi connectivity index (χ0v) is 8.97. The Morgan fingerprint density at radius 3 is 3.18 bits per heavy atom. The zero-order valence-electron chi connectivity index (χ0n) is 6.04. The number of aromatic amines is 1. The molecule has 2 heterocycles. The van der Waals surface area contributed by atoms with Crippen LogP contribution in [0.2, 0.25) is 0 Å². The molecular weight excluding hydrogens is 312 g/mol. The first-order valence-corrected chi connectivity index (χ1v) is 3.46. The fraction of sp³-hybridized carbons (Fsp3) is 0.571. The summed E-state index contributed by atoms with van der Waals surface area (Å²) in [6.45, 7) is 1.69. The van der Waals surface area contributed by atoms with Gasteiger partial charge in [-0.25, -0.2) is 0 Å². The first-order valence-electron chi connectivity index (χ1n) is 3.46. The van der Waals surface area contributed by atoms with E-state index in [4.69, 9.17) is 4.74 Å². The van der Waals surface area contributed by atoms with Crippen LogP contribution in [0.15, 0.2) is 6.07 Å². The van der Waals surface area contributed by atoms with Gasteiger partial charge in [-0.3, -0.25) is 5.10 Å². The number of aromatic nitrogens is 2. The molecule has 0 bridgehead atoms. The molecule has 1 aromatic heterocycles. The second-order valence-electron chi connectivity index (χ2n) is 2.50. The first kappa shape index (κ1) is 8.95. The monoisotopic (exact) mass is 321 g/mol. The molecule has 0 radical (unpaired) electrons. The van der Waals surface area contributed by atoms with Crippen LogP contribution >= 0.6 is 0 Å². The van der Waals surface area contributed by atoms with Crippen LogP contribution in [0.5, 0.6) is 0 Å². The third-order valence-electron chi connectivity index (χ3n) is 1.82. The average Bonchev–Trinajstić information content (AvgIpc) is 2.59. The molecule has 0 spiro atoms. The summed E-state index contributed by atoms with van der Waals surface area (Å²) in [6.07, 6.45) is 3.91.